The van der Waals surface area contributed by atoms with E-state index in [1.54, 1.807) is 12.1 Å². The third-order valence-corrected chi connectivity index (χ3v) is 8.90. The van der Waals surface area contributed by atoms with Crippen LogP contribution in [0.3, 0.4) is 0 Å². The molecule has 1 atom stereocenters. The molecule has 0 bridgehead atoms. The van der Waals surface area contributed by atoms with Gasteiger partial charge in [0.05, 0.1) is 23.6 Å². The van der Waals surface area contributed by atoms with E-state index in [-0.39, 0.29) is 11.2 Å². The zero-order valence-electron chi connectivity index (χ0n) is 27.7. The highest BCUT2D eigenvalue weighted by atomic mass is 19.1. The van der Waals surface area contributed by atoms with Gasteiger partial charge in [0.15, 0.2) is 6.10 Å². The summed E-state index contributed by atoms with van der Waals surface area (Å²) in [6.07, 6.45) is 2.70. The van der Waals surface area contributed by atoms with Gasteiger partial charge in [0.2, 0.25) is 0 Å². The van der Waals surface area contributed by atoms with Crippen LogP contribution < -0.4 is 9.64 Å². The van der Waals surface area contributed by atoms with Gasteiger partial charge in [-0.05, 0) is 101 Å². The Morgan fingerprint density at radius 2 is 1.67 bits per heavy atom. The maximum atomic E-state index is 13.3. The maximum Gasteiger partial charge on any atom is 0.337 e. The number of rotatable bonds is 11. The summed E-state index contributed by atoms with van der Waals surface area (Å²) in [4.78, 5) is 22.8. The summed E-state index contributed by atoms with van der Waals surface area (Å²) in [6.45, 7) is 17.1. The summed E-state index contributed by atoms with van der Waals surface area (Å²) in [7, 11) is 0. The number of ether oxygens (including phenoxy) is 2. The predicted molar refractivity (Wildman–Crippen MR) is 176 cm³/mol. The Labute approximate surface area is 267 Å². The molecule has 2 fully saturated rings. The lowest BCUT2D eigenvalue weighted by Gasteiger charge is -2.41. The molecule has 0 saturated carbocycles. The highest BCUT2D eigenvalue weighted by Crippen LogP contribution is 2.45. The molecule has 0 radical (unpaired) electrons. The highest BCUT2D eigenvalue weighted by molar-refractivity contribution is 5.88. The first-order valence-corrected chi connectivity index (χ1v) is 16.2. The Balaban J connectivity index is 1.57. The highest BCUT2D eigenvalue weighted by Gasteiger charge is 2.37. The fourth-order valence-corrected chi connectivity index (χ4v) is 6.15. The smallest absolute Gasteiger partial charge is 0.337 e. The number of aliphatic carboxylic acids is 1. The van der Waals surface area contributed by atoms with Crippen LogP contribution >= 0.6 is 0 Å². The van der Waals surface area contributed by atoms with Crippen molar-refractivity contribution in [3.8, 4) is 16.9 Å². The molecule has 45 heavy (non-hydrogen) atoms. The lowest BCUT2D eigenvalue weighted by molar-refractivity contribution is -0.160. The van der Waals surface area contributed by atoms with Gasteiger partial charge >= 0.3 is 5.97 Å². The van der Waals surface area contributed by atoms with Crippen LogP contribution in [0.4, 0.5) is 10.1 Å². The molecular weight excluding hydrogens is 569 g/mol. The van der Waals surface area contributed by atoms with E-state index in [1.165, 1.54) is 18.6 Å². The van der Waals surface area contributed by atoms with Crippen molar-refractivity contribution in [3.05, 3.63) is 76.9 Å². The topological polar surface area (TPSA) is 75.1 Å². The second-order valence-electron chi connectivity index (χ2n) is 14.3. The van der Waals surface area contributed by atoms with Crippen LogP contribution in [0.15, 0.2) is 48.5 Å². The number of pyridine rings is 1. The van der Waals surface area contributed by atoms with Crippen molar-refractivity contribution in [2.45, 2.75) is 85.5 Å². The number of anilines is 1. The molecular formula is C37H48FN3O4. The van der Waals surface area contributed by atoms with Crippen LogP contribution in [-0.2, 0) is 22.5 Å². The van der Waals surface area contributed by atoms with Gasteiger partial charge in [-0.3, -0.25) is 9.88 Å². The van der Waals surface area contributed by atoms with Crippen molar-refractivity contribution in [2.24, 2.45) is 5.41 Å². The van der Waals surface area contributed by atoms with Crippen molar-refractivity contribution in [2.75, 3.05) is 37.7 Å². The molecule has 1 N–H and O–H groups in total. The van der Waals surface area contributed by atoms with Crippen molar-refractivity contribution in [1.29, 1.82) is 0 Å². The monoisotopic (exact) mass is 617 g/mol. The number of aryl methyl sites for hydroxylation is 1. The minimum atomic E-state index is -1.16. The molecule has 0 spiro atoms. The summed E-state index contributed by atoms with van der Waals surface area (Å²) >= 11 is 0. The third kappa shape index (κ3) is 8.22. The molecule has 3 heterocycles. The molecule has 242 valence electrons. The van der Waals surface area contributed by atoms with Crippen LogP contribution in [0.25, 0.3) is 11.1 Å². The molecule has 3 aromatic rings. The summed E-state index contributed by atoms with van der Waals surface area (Å²) < 4.78 is 25.6. The number of aromatic nitrogens is 1. The molecule has 2 saturated heterocycles. The summed E-state index contributed by atoms with van der Waals surface area (Å²) in [5, 5.41) is 10.5. The Bertz CT molecular complexity index is 1470. The first-order valence-electron chi connectivity index (χ1n) is 16.2. The van der Waals surface area contributed by atoms with Gasteiger partial charge in [0.25, 0.3) is 0 Å². The molecule has 2 aromatic carbocycles. The zero-order valence-corrected chi connectivity index (χ0v) is 27.7. The summed E-state index contributed by atoms with van der Waals surface area (Å²) in [5.74, 6) is -0.518. The number of carboxylic acids is 1. The van der Waals surface area contributed by atoms with E-state index in [1.807, 2.05) is 39.8 Å². The van der Waals surface area contributed by atoms with Gasteiger partial charge < -0.3 is 19.5 Å². The fourth-order valence-electron chi connectivity index (χ4n) is 6.15. The number of piperidine rings is 1. The van der Waals surface area contributed by atoms with Crippen molar-refractivity contribution >= 4 is 11.7 Å². The largest absolute Gasteiger partial charge is 0.493 e. The molecule has 0 aliphatic carbocycles. The molecule has 2 aliphatic heterocycles. The van der Waals surface area contributed by atoms with E-state index in [9.17, 15) is 14.3 Å². The quantitative estimate of drug-likeness (QED) is 0.238. The summed E-state index contributed by atoms with van der Waals surface area (Å²) in [6, 6.07) is 14.5. The molecule has 7 nitrogen and oxygen atoms in total. The van der Waals surface area contributed by atoms with E-state index in [4.69, 9.17) is 14.5 Å². The van der Waals surface area contributed by atoms with Gasteiger partial charge in [-0.2, -0.15) is 0 Å². The van der Waals surface area contributed by atoms with Crippen LogP contribution in [0, 0.1) is 18.2 Å². The minimum Gasteiger partial charge on any atom is -0.493 e. The Morgan fingerprint density at radius 3 is 2.22 bits per heavy atom. The number of hydrogen-bond donors (Lipinski definition) is 1. The van der Waals surface area contributed by atoms with Crippen LogP contribution in [-0.4, -0.2) is 59.3 Å². The van der Waals surface area contributed by atoms with E-state index in [0.717, 1.165) is 72.8 Å². The fraction of sp³-hybridized carbons (Fsp3) is 0.514. The number of nitrogens with zero attached hydrogens (tertiary/aromatic N) is 3. The van der Waals surface area contributed by atoms with E-state index >= 15 is 0 Å². The predicted octanol–water partition coefficient (Wildman–Crippen LogP) is 7.59. The van der Waals surface area contributed by atoms with Crippen molar-refractivity contribution in [3.63, 3.8) is 0 Å². The Kier molecular flexibility index (Phi) is 9.85. The SMILES string of the molecule is Cc1nc(CN2CCC2)c(-c2ccc(OCCc3ccc(F)cc3)cc2)c(N2CCC(C)(C)CC2)c1C(OC(C)(C)C)C(=O)O. The second kappa shape index (κ2) is 13.5. The number of carbonyl (C=O) groups is 1. The third-order valence-electron chi connectivity index (χ3n) is 8.90. The number of benzene rings is 2. The summed E-state index contributed by atoms with van der Waals surface area (Å²) in [5.41, 5.74) is 5.75. The van der Waals surface area contributed by atoms with E-state index in [0.29, 0.717) is 30.8 Å². The Hall–Kier alpha value is -3.49. The Morgan fingerprint density at radius 1 is 1.02 bits per heavy atom. The number of halogens is 1. The van der Waals surface area contributed by atoms with Gasteiger partial charge in [-0.25, -0.2) is 9.18 Å². The molecule has 2 aliphatic rings. The van der Waals surface area contributed by atoms with Crippen molar-refractivity contribution in [1.82, 2.24) is 9.88 Å². The van der Waals surface area contributed by atoms with Crippen LogP contribution in [0.1, 0.15) is 82.5 Å². The average molecular weight is 618 g/mol. The lowest BCUT2D eigenvalue weighted by atomic mass is 9.81. The molecule has 0 amide bonds. The number of carboxylic acid groups (broad SMARTS) is 1. The second-order valence-corrected chi connectivity index (χ2v) is 14.3. The molecule has 1 aromatic heterocycles. The normalized spacial score (nSPS) is 17.5. The van der Waals surface area contributed by atoms with Gasteiger partial charge in [0, 0.05) is 42.9 Å². The standard InChI is InChI=1S/C37H48FN3O4/c1-25-31(34(35(42)43)45-36(2,3)4)33(41-21-17-37(5,6)18-22-41)32(30(39-25)24-40-19-7-20-40)27-10-14-29(15-11-27)44-23-16-26-8-12-28(38)13-9-26/h8-15,34H,7,16-24H2,1-6H3,(H,42,43). The zero-order chi connectivity index (χ0) is 32.4. The van der Waals surface area contributed by atoms with Gasteiger partial charge in [-0.1, -0.05) is 38.1 Å². The average Bonchev–Trinajstić information content (AvgIpc) is 2.95. The molecule has 1 unspecified atom stereocenters. The number of likely N-dealkylation sites (tertiary alicyclic amines) is 1. The van der Waals surface area contributed by atoms with Crippen molar-refractivity contribution < 1.29 is 23.8 Å². The van der Waals surface area contributed by atoms with E-state index < -0.39 is 17.7 Å². The first-order chi connectivity index (χ1) is 21.3. The first kappa shape index (κ1) is 32.9. The van der Waals surface area contributed by atoms with E-state index in [2.05, 4.69) is 35.8 Å². The molecule has 5 rings (SSSR count). The van der Waals surface area contributed by atoms with Crippen LogP contribution in [0.2, 0.25) is 0 Å². The lowest BCUT2D eigenvalue weighted by Crippen LogP contribution is -2.40. The van der Waals surface area contributed by atoms with Gasteiger partial charge in [0.1, 0.15) is 11.6 Å². The number of hydrogen-bond acceptors (Lipinski definition) is 6. The maximum absolute atomic E-state index is 13.3. The van der Waals surface area contributed by atoms with Crippen LogP contribution in [0.5, 0.6) is 5.75 Å². The van der Waals surface area contributed by atoms with Gasteiger partial charge in [-0.15, -0.1) is 0 Å². The minimum absolute atomic E-state index is 0.223. The molecule has 8 heteroatoms.